The van der Waals surface area contributed by atoms with E-state index in [9.17, 15) is 14.4 Å². The lowest BCUT2D eigenvalue weighted by molar-refractivity contribution is -0.177. The highest BCUT2D eigenvalue weighted by Gasteiger charge is 2.60. The standard InChI is InChI=1S/C42H48N4O5/c1-2-3-4-5-6-10-20-39(48)51-35-23-21-31(22-24-35)27-42(40(49)44-28-32-14-8-7-9-15-32)41(50)45(30-37-43-26-25-38(47)46(37)42)29-34-18-13-17-33-16-11-12-19-36(33)34/h7-9,11-19,21-24,37,43H,2-6,10,20,25-30H2,1H3,(H,44,49)/t37?,42-/m0/s1. The van der Waals surface area contributed by atoms with Gasteiger partial charge in [-0.05, 0) is 46.0 Å². The van der Waals surface area contributed by atoms with Crippen LogP contribution in [-0.4, -0.2) is 58.3 Å². The fourth-order valence-electron chi connectivity index (χ4n) is 7.36. The molecule has 0 spiro atoms. The largest absolute Gasteiger partial charge is 0.427 e. The second-order valence-corrected chi connectivity index (χ2v) is 13.6. The number of ether oxygens (including phenoxy) is 1. The van der Waals surface area contributed by atoms with E-state index in [1.54, 1.807) is 29.2 Å². The van der Waals surface area contributed by atoms with Crippen LogP contribution in [-0.2, 0) is 38.7 Å². The highest BCUT2D eigenvalue weighted by Crippen LogP contribution is 2.35. The number of esters is 1. The van der Waals surface area contributed by atoms with E-state index in [0.717, 1.165) is 41.2 Å². The molecule has 2 aliphatic heterocycles. The molecule has 0 bridgehead atoms. The minimum absolute atomic E-state index is 0.0472. The summed E-state index contributed by atoms with van der Waals surface area (Å²) in [6.45, 7) is 3.36. The lowest BCUT2D eigenvalue weighted by Crippen LogP contribution is -2.79. The zero-order valence-corrected chi connectivity index (χ0v) is 29.4. The van der Waals surface area contributed by atoms with Gasteiger partial charge in [0.1, 0.15) is 11.9 Å². The second-order valence-electron chi connectivity index (χ2n) is 13.6. The number of piperazine rings is 1. The van der Waals surface area contributed by atoms with Gasteiger partial charge in [0, 0.05) is 38.9 Å². The number of unbranched alkanes of at least 4 members (excludes halogenated alkanes) is 5. The average molecular weight is 689 g/mol. The molecule has 3 amide bonds. The Morgan fingerprint density at radius 2 is 1.57 bits per heavy atom. The van der Waals surface area contributed by atoms with Crippen molar-refractivity contribution in [3.8, 4) is 5.75 Å². The van der Waals surface area contributed by atoms with Gasteiger partial charge >= 0.3 is 5.97 Å². The number of fused-ring (bicyclic) bond motifs is 2. The number of rotatable bonds is 15. The Bertz CT molecular complexity index is 1820. The van der Waals surface area contributed by atoms with Crippen molar-refractivity contribution in [2.45, 2.75) is 89.5 Å². The summed E-state index contributed by atoms with van der Waals surface area (Å²) in [5, 5.41) is 8.55. The number of nitrogens with one attached hydrogen (secondary N) is 2. The Morgan fingerprint density at radius 1 is 0.843 bits per heavy atom. The van der Waals surface area contributed by atoms with Crippen molar-refractivity contribution >= 4 is 34.5 Å². The van der Waals surface area contributed by atoms with Crippen molar-refractivity contribution in [2.24, 2.45) is 0 Å². The third-order valence-corrected chi connectivity index (χ3v) is 10.0. The summed E-state index contributed by atoms with van der Waals surface area (Å²) in [5.41, 5.74) is 0.646. The first-order chi connectivity index (χ1) is 24.9. The van der Waals surface area contributed by atoms with Crippen molar-refractivity contribution in [1.29, 1.82) is 0 Å². The lowest BCUT2D eigenvalue weighted by Gasteiger charge is -2.54. The molecule has 2 saturated heterocycles. The molecule has 1 unspecified atom stereocenters. The summed E-state index contributed by atoms with van der Waals surface area (Å²) < 4.78 is 5.62. The topological polar surface area (TPSA) is 108 Å². The molecular formula is C42H48N4O5. The first kappa shape index (κ1) is 35.8. The molecule has 0 aromatic heterocycles. The maximum absolute atomic E-state index is 15.0. The molecule has 4 aromatic rings. The summed E-state index contributed by atoms with van der Waals surface area (Å²) in [6.07, 6.45) is 6.41. The highest BCUT2D eigenvalue weighted by molar-refractivity contribution is 6.13. The average Bonchev–Trinajstić information content (AvgIpc) is 3.15. The quantitative estimate of drug-likeness (QED) is 0.0659. The van der Waals surface area contributed by atoms with Crippen LogP contribution in [0.15, 0.2) is 97.1 Å². The Balaban J connectivity index is 1.29. The lowest BCUT2D eigenvalue weighted by atomic mass is 9.82. The molecule has 0 radical (unpaired) electrons. The van der Waals surface area contributed by atoms with Gasteiger partial charge in [0.15, 0.2) is 0 Å². The van der Waals surface area contributed by atoms with Crippen molar-refractivity contribution in [1.82, 2.24) is 20.4 Å². The van der Waals surface area contributed by atoms with Gasteiger partial charge < -0.3 is 19.9 Å². The molecule has 6 rings (SSSR count). The number of benzene rings is 4. The molecule has 266 valence electrons. The van der Waals surface area contributed by atoms with Crippen LogP contribution in [0, 0.1) is 0 Å². The zero-order chi connectivity index (χ0) is 35.6. The van der Waals surface area contributed by atoms with E-state index < -0.39 is 23.5 Å². The third-order valence-electron chi connectivity index (χ3n) is 10.0. The van der Waals surface area contributed by atoms with E-state index in [1.807, 2.05) is 72.8 Å². The summed E-state index contributed by atoms with van der Waals surface area (Å²) in [4.78, 5) is 59.3. The molecule has 0 aliphatic carbocycles. The van der Waals surface area contributed by atoms with Crippen LogP contribution in [0.5, 0.6) is 5.75 Å². The fraction of sp³-hybridized carbons (Fsp3) is 0.381. The Labute approximate surface area is 300 Å². The third kappa shape index (κ3) is 8.31. The number of carbonyl (C=O) groups is 4. The number of nitrogens with zero attached hydrogens (tertiary/aromatic N) is 2. The van der Waals surface area contributed by atoms with Gasteiger partial charge in [-0.15, -0.1) is 0 Å². The number of amides is 3. The van der Waals surface area contributed by atoms with Gasteiger partial charge in [-0.1, -0.05) is 124 Å². The van der Waals surface area contributed by atoms with Crippen molar-refractivity contribution in [3.05, 3.63) is 114 Å². The van der Waals surface area contributed by atoms with Gasteiger partial charge in [-0.2, -0.15) is 0 Å². The first-order valence-corrected chi connectivity index (χ1v) is 18.3. The Morgan fingerprint density at radius 3 is 2.37 bits per heavy atom. The van der Waals surface area contributed by atoms with Gasteiger partial charge in [0.2, 0.25) is 11.4 Å². The van der Waals surface area contributed by atoms with E-state index in [1.165, 1.54) is 24.2 Å². The molecule has 2 fully saturated rings. The Hall–Kier alpha value is -5.02. The maximum Gasteiger partial charge on any atom is 0.311 e. The minimum atomic E-state index is -1.86. The minimum Gasteiger partial charge on any atom is -0.427 e. The van der Waals surface area contributed by atoms with Crippen LogP contribution in [0.1, 0.15) is 75.0 Å². The Kier molecular flexibility index (Phi) is 11.8. The van der Waals surface area contributed by atoms with Gasteiger partial charge in [0.25, 0.3) is 11.8 Å². The van der Waals surface area contributed by atoms with Gasteiger partial charge in [-0.3, -0.25) is 24.5 Å². The normalized spacial score (nSPS) is 18.8. The highest BCUT2D eigenvalue weighted by atomic mass is 16.5. The van der Waals surface area contributed by atoms with Crippen LogP contribution in [0.25, 0.3) is 10.8 Å². The summed E-state index contributed by atoms with van der Waals surface area (Å²) in [6, 6.07) is 30.5. The fourth-order valence-corrected chi connectivity index (χ4v) is 7.36. The molecule has 2 N–H and O–H groups in total. The molecule has 51 heavy (non-hydrogen) atoms. The van der Waals surface area contributed by atoms with E-state index >= 15 is 4.79 Å². The molecule has 9 nitrogen and oxygen atoms in total. The molecule has 4 aromatic carbocycles. The number of hydrogen-bond donors (Lipinski definition) is 2. The smallest absolute Gasteiger partial charge is 0.311 e. The molecule has 0 saturated carbocycles. The molecule has 2 aliphatic rings. The zero-order valence-electron chi connectivity index (χ0n) is 29.4. The monoisotopic (exact) mass is 688 g/mol. The van der Waals surface area contributed by atoms with E-state index in [2.05, 4.69) is 17.6 Å². The molecule has 2 atom stereocenters. The molecule has 2 heterocycles. The second kappa shape index (κ2) is 16.8. The predicted molar refractivity (Wildman–Crippen MR) is 197 cm³/mol. The van der Waals surface area contributed by atoms with E-state index in [0.29, 0.717) is 24.3 Å². The van der Waals surface area contributed by atoms with Crippen molar-refractivity contribution in [2.75, 3.05) is 13.1 Å². The van der Waals surface area contributed by atoms with Crippen LogP contribution in [0.2, 0.25) is 0 Å². The van der Waals surface area contributed by atoms with Gasteiger partial charge in [0.05, 0.1) is 6.54 Å². The number of hydrogen-bond acceptors (Lipinski definition) is 6. The molecule has 9 heteroatoms. The number of carbonyl (C=O) groups excluding carboxylic acids is 4. The SMILES string of the molecule is CCCCCCCCC(=O)Oc1ccc(C[C@]2(C(=O)NCc3ccccc3)C(=O)N(Cc3cccc4ccccc34)CC3NCCC(=O)N32)cc1. The van der Waals surface area contributed by atoms with Crippen LogP contribution < -0.4 is 15.4 Å². The first-order valence-electron chi connectivity index (χ1n) is 18.3. The van der Waals surface area contributed by atoms with Crippen LogP contribution in [0.3, 0.4) is 0 Å². The molecular weight excluding hydrogens is 640 g/mol. The van der Waals surface area contributed by atoms with Crippen LogP contribution in [0.4, 0.5) is 0 Å². The van der Waals surface area contributed by atoms with E-state index in [-0.39, 0.29) is 44.4 Å². The summed E-state index contributed by atoms with van der Waals surface area (Å²) in [7, 11) is 0. The summed E-state index contributed by atoms with van der Waals surface area (Å²) >= 11 is 0. The van der Waals surface area contributed by atoms with Crippen molar-refractivity contribution < 1.29 is 23.9 Å². The van der Waals surface area contributed by atoms with E-state index in [4.69, 9.17) is 4.74 Å². The van der Waals surface area contributed by atoms with Crippen molar-refractivity contribution in [3.63, 3.8) is 0 Å². The van der Waals surface area contributed by atoms with Gasteiger partial charge in [-0.25, -0.2) is 0 Å². The predicted octanol–water partition coefficient (Wildman–Crippen LogP) is 6.28. The maximum atomic E-state index is 15.0. The summed E-state index contributed by atoms with van der Waals surface area (Å²) in [5.74, 6) is -1.08. The van der Waals surface area contributed by atoms with Crippen LogP contribution >= 0.6 is 0 Å².